The Morgan fingerprint density at radius 2 is 1.91 bits per heavy atom. The summed E-state index contributed by atoms with van der Waals surface area (Å²) in [5, 5.41) is 5.10. The van der Waals surface area contributed by atoms with Crippen LogP contribution in [0.5, 0.6) is 0 Å². The molecule has 4 N–H and O–H groups in total. The number of pyridine rings is 1. The van der Waals surface area contributed by atoms with Gasteiger partial charge in [-0.15, -0.1) is 0 Å². The van der Waals surface area contributed by atoms with Gasteiger partial charge in [0.25, 0.3) is 0 Å². The zero-order valence-corrected chi connectivity index (χ0v) is 12.7. The Morgan fingerprint density at radius 1 is 1.17 bits per heavy atom. The lowest BCUT2D eigenvalue weighted by atomic mass is 10.1. The van der Waals surface area contributed by atoms with Crippen LogP contribution in [0.3, 0.4) is 0 Å². The molecule has 2 rings (SSSR count). The molecule has 0 aliphatic heterocycles. The second-order valence-corrected chi connectivity index (χ2v) is 4.83. The molecule has 0 unspecified atom stereocenters. The van der Waals surface area contributed by atoms with E-state index < -0.39 is 12.1 Å². The van der Waals surface area contributed by atoms with Crippen LogP contribution in [0.25, 0.3) is 0 Å². The van der Waals surface area contributed by atoms with Crippen LogP contribution in [0.4, 0.5) is 16.3 Å². The average Bonchev–Trinajstić information content (AvgIpc) is 2.57. The fraction of sp³-hybridized carbons (Fsp3) is 0.188. The summed E-state index contributed by atoms with van der Waals surface area (Å²) in [5.74, 6) is 0.0314. The topological polar surface area (TPSA) is 106 Å². The van der Waals surface area contributed by atoms with Crippen molar-refractivity contribution in [2.45, 2.75) is 12.5 Å². The molecule has 0 aliphatic carbocycles. The van der Waals surface area contributed by atoms with E-state index in [1.807, 2.05) is 30.3 Å². The normalized spacial score (nSPS) is 11.4. The summed E-state index contributed by atoms with van der Waals surface area (Å²) < 4.78 is 4.47. The highest BCUT2D eigenvalue weighted by atomic mass is 16.5. The molecule has 0 saturated carbocycles. The fourth-order valence-electron chi connectivity index (χ4n) is 1.89. The third-order valence-corrected chi connectivity index (χ3v) is 3.08. The molecule has 0 radical (unpaired) electrons. The minimum atomic E-state index is -0.674. The molecule has 120 valence electrons. The van der Waals surface area contributed by atoms with Gasteiger partial charge < -0.3 is 15.8 Å². The van der Waals surface area contributed by atoms with Crippen LogP contribution in [0.2, 0.25) is 0 Å². The molecule has 1 aromatic heterocycles. The number of hydrogen-bond acceptors (Lipinski definition) is 5. The number of amides is 2. The quantitative estimate of drug-likeness (QED) is 0.780. The van der Waals surface area contributed by atoms with Gasteiger partial charge in [-0.2, -0.15) is 0 Å². The molecule has 0 saturated heterocycles. The second-order valence-electron chi connectivity index (χ2n) is 4.83. The van der Waals surface area contributed by atoms with E-state index in [-0.39, 0.29) is 5.91 Å². The summed E-state index contributed by atoms with van der Waals surface area (Å²) >= 11 is 0. The Kier molecular flexibility index (Phi) is 5.65. The van der Waals surface area contributed by atoms with Crippen LogP contribution in [0.15, 0.2) is 48.7 Å². The van der Waals surface area contributed by atoms with Gasteiger partial charge in [-0.25, -0.2) is 9.78 Å². The lowest BCUT2D eigenvalue weighted by molar-refractivity contribution is -0.117. The minimum Gasteiger partial charge on any atom is -0.453 e. The van der Waals surface area contributed by atoms with E-state index in [4.69, 9.17) is 5.73 Å². The van der Waals surface area contributed by atoms with Crippen molar-refractivity contribution in [2.75, 3.05) is 17.7 Å². The smallest absolute Gasteiger partial charge is 0.411 e. The highest BCUT2D eigenvalue weighted by molar-refractivity contribution is 5.94. The van der Waals surface area contributed by atoms with Crippen molar-refractivity contribution in [3.05, 3.63) is 54.2 Å². The third-order valence-electron chi connectivity index (χ3n) is 3.08. The van der Waals surface area contributed by atoms with Crippen LogP contribution in [0, 0.1) is 0 Å². The Morgan fingerprint density at radius 3 is 2.52 bits per heavy atom. The van der Waals surface area contributed by atoms with Crippen molar-refractivity contribution in [1.29, 1.82) is 0 Å². The minimum absolute atomic E-state index is 0.324. The molecule has 0 bridgehead atoms. The van der Waals surface area contributed by atoms with E-state index >= 15 is 0 Å². The summed E-state index contributed by atoms with van der Waals surface area (Å²) in [6.07, 6.45) is 1.26. The average molecular weight is 314 g/mol. The summed E-state index contributed by atoms with van der Waals surface area (Å²) in [5.41, 5.74) is 7.35. The Hall–Kier alpha value is -2.93. The van der Waals surface area contributed by atoms with Gasteiger partial charge in [-0.05, 0) is 24.1 Å². The van der Waals surface area contributed by atoms with Crippen molar-refractivity contribution in [1.82, 2.24) is 4.98 Å². The Balaban J connectivity index is 1.90. The number of hydrogen-bond donors (Lipinski definition) is 3. The maximum atomic E-state index is 12.1. The van der Waals surface area contributed by atoms with Gasteiger partial charge in [0, 0.05) is 0 Å². The molecule has 1 atom stereocenters. The van der Waals surface area contributed by atoms with Gasteiger partial charge in [0.05, 0.1) is 25.0 Å². The van der Waals surface area contributed by atoms with Crippen molar-refractivity contribution < 1.29 is 14.3 Å². The molecule has 7 heteroatoms. The standard InChI is InChI=1S/C16H18N4O3/c1-23-16(22)19-12-7-8-14(18-10-12)20-15(21)13(17)9-11-5-3-2-4-6-11/h2-8,10,13H,9,17H2,1H3,(H,19,22)(H,18,20,21)/t13-/m0/s1. The van der Waals surface area contributed by atoms with Crippen molar-refractivity contribution in [3.8, 4) is 0 Å². The largest absolute Gasteiger partial charge is 0.453 e. The number of nitrogens with zero attached hydrogens (tertiary/aromatic N) is 1. The van der Waals surface area contributed by atoms with Gasteiger partial charge >= 0.3 is 6.09 Å². The van der Waals surface area contributed by atoms with Crippen LogP contribution in [-0.2, 0) is 16.0 Å². The molecule has 1 aromatic carbocycles. The first-order valence-corrected chi connectivity index (χ1v) is 7.00. The first kappa shape index (κ1) is 16.4. The molecule has 1 heterocycles. The van der Waals surface area contributed by atoms with E-state index in [2.05, 4.69) is 20.4 Å². The van der Waals surface area contributed by atoms with Gasteiger partial charge in [-0.1, -0.05) is 30.3 Å². The van der Waals surface area contributed by atoms with Gasteiger partial charge in [0.1, 0.15) is 5.82 Å². The highest BCUT2D eigenvalue weighted by Gasteiger charge is 2.14. The van der Waals surface area contributed by atoms with E-state index in [9.17, 15) is 9.59 Å². The summed E-state index contributed by atoms with van der Waals surface area (Å²) in [6.45, 7) is 0. The van der Waals surface area contributed by atoms with Crippen LogP contribution < -0.4 is 16.4 Å². The zero-order chi connectivity index (χ0) is 16.7. The Bertz CT molecular complexity index is 659. The molecule has 2 amide bonds. The lowest BCUT2D eigenvalue weighted by Crippen LogP contribution is -2.37. The highest BCUT2D eigenvalue weighted by Crippen LogP contribution is 2.11. The van der Waals surface area contributed by atoms with E-state index in [1.54, 1.807) is 12.1 Å². The van der Waals surface area contributed by atoms with E-state index in [1.165, 1.54) is 13.3 Å². The lowest BCUT2D eigenvalue weighted by Gasteiger charge is -2.12. The molecule has 23 heavy (non-hydrogen) atoms. The number of carbonyl (C=O) groups is 2. The maximum Gasteiger partial charge on any atom is 0.411 e. The van der Waals surface area contributed by atoms with E-state index in [0.29, 0.717) is 17.9 Å². The number of aromatic nitrogens is 1. The Labute approximate surface area is 133 Å². The summed E-state index contributed by atoms with van der Waals surface area (Å²) in [4.78, 5) is 27.2. The number of nitrogens with two attached hydrogens (primary N) is 1. The molecular weight excluding hydrogens is 296 g/mol. The molecular formula is C16H18N4O3. The molecule has 2 aromatic rings. The number of carbonyl (C=O) groups excluding carboxylic acids is 2. The molecule has 7 nitrogen and oxygen atoms in total. The number of benzene rings is 1. The molecule has 0 spiro atoms. The SMILES string of the molecule is COC(=O)Nc1ccc(NC(=O)[C@@H](N)Cc2ccccc2)nc1. The van der Waals surface area contributed by atoms with Crippen LogP contribution in [-0.4, -0.2) is 30.1 Å². The number of rotatable bonds is 5. The first-order chi connectivity index (χ1) is 11.1. The zero-order valence-electron chi connectivity index (χ0n) is 12.7. The van der Waals surface area contributed by atoms with Gasteiger partial charge in [-0.3, -0.25) is 10.1 Å². The number of anilines is 2. The van der Waals surface area contributed by atoms with Crippen LogP contribution in [0.1, 0.15) is 5.56 Å². The predicted molar refractivity (Wildman–Crippen MR) is 87.0 cm³/mol. The van der Waals surface area contributed by atoms with Crippen molar-refractivity contribution in [2.24, 2.45) is 5.73 Å². The maximum absolute atomic E-state index is 12.1. The van der Waals surface area contributed by atoms with Crippen molar-refractivity contribution >= 4 is 23.5 Å². The number of methoxy groups -OCH3 is 1. The van der Waals surface area contributed by atoms with Gasteiger partial charge in [0.15, 0.2) is 0 Å². The van der Waals surface area contributed by atoms with Crippen molar-refractivity contribution in [3.63, 3.8) is 0 Å². The van der Waals surface area contributed by atoms with E-state index in [0.717, 1.165) is 5.56 Å². The monoisotopic (exact) mass is 314 g/mol. The fourth-order valence-corrected chi connectivity index (χ4v) is 1.89. The third kappa shape index (κ3) is 5.08. The molecule has 0 aliphatic rings. The first-order valence-electron chi connectivity index (χ1n) is 7.00. The van der Waals surface area contributed by atoms with Crippen LogP contribution >= 0.6 is 0 Å². The summed E-state index contributed by atoms with van der Waals surface area (Å²) in [6, 6.07) is 12.0. The molecule has 0 fully saturated rings. The predicted octanol–water partition coefficient (Wildman–Crippen LogP) is 1.77. The number of ether oxygens (including phenoxy) is 1. The number of nitrogens with one attached hydrogen (secondary N) is 2. The second kappa shape index (κ2) is 7.90. The summed E-state index contributed by atoms with van der Waals surface area (Å²) in [7, 11) is 1.27. The van der Waals surface area contributed by atoms with Gasteiger partial charge in [0.2, 0.25) is 5.91 Å².